The van der Waals surface area contributed by atoms with E-state index in [9.17, 15) is 14.2 Å². The van der Waals surface area contributed by atoms with E-state index in [1.165, 1.54) is 24.7 Å². The SMILES string of the molecule is CCOP(=O)(CCOC[C@H]1O[C@@H](n2ncc3c(Cl)nc(Cl)nc32)[C@H](OC(C)=O)[C@@H]1OC(C)=O)OCC. The fourth-order valence-electron chi connectivity index (χ4n) is 3.68. The van der Waals surface area contributed by atoms with E-state index in [0.29, 0.717) is 5.39 Å². The first-order chi connectivity index (χ1) is 17.1. The van der Waals surface area contributed by atoms with E-state index in [2.05, 4.69) is 15.1 Å². The molecule has 0 amide bonds. The van der Waals surface area contributed by atoms with E-state index < -0.39 is 44.1 Å². The number of halogens is 2. The Morgan fingerprint density at radius 2 is 1.72 bits per heavy atom. The lowest BCUT2D eigenvalue weighted by Crippen LogP contribution is -2.40. The third-order valence-corrected chi connectivity index (χ3v) is 7.44. The van der Waals surface area contributed by atoms with Crippen LogP contribution in [0.1, 0.15) is 33.9 Å². The highest BCUT2D eigenvalue weighted by atomic mass is 35.5. The monoisotopic (exact) mass is 568 g/mol. The first kappa shape index (κ1) is 28.7. The van der Waals surface area contributed by atoms with Crippen LogP contribution in [0, 0.1) is 0 Å². The van der Waals surface area contributed by atoms with Gasteiger partial charge in [-0.3, -0.25) is 14.2 Å². The molecule has 3 rings (SSSR count). The maximum absolute atomic E-state index is 12.7. The Hall–Kier alpha value is -1.86. The second-order valence-electron chi connectivity index (χ2n) is 7.57. The summed E-state index contributed by atoms with van der Waals surface area (Å²) in [6, 6.07) is 0. The van der Waals surface area contributed by atoms with Gasteiger partial charge in [-0.25, -0.2) is 9.67 Å². The van der Waals surface area contributed by atoms with Gasteiger partial charge < -0.3 is 28.0 Å². The minimum Gasteiger partial charge on any atom is -0.456 e. The van der Waals surface area contributed by atoms with Gasteiger partial charge in [0, 0.05) is 13.8 Å². The minimum absolute atomic E-state index is 0.00808. The molecule has 1 aliphatic rings. The van der Waals surface area contributed by atoms with Crippen molar-refractivity contribution in [1.29, 1.82) is 0 Å². The standard InChI is InChI=1S/C20H27Cl2N4O9P/c1-5-31-36(29,32-6-2)8-7-30-10-14-15(33-11(3)27)16(34-12(4)28)19(35-14)26-18-13(9-23-26)17(21)24-20(22)25-18/h9,14-16,19H,5-8,10H2,1-4H3/t14-,15-,16-,19-/m1/s1. The average molecular weight is 569 g/mol. The topological polar surface area (TPSA) is 150 Å². The van der Waals surface area contributed by atoms with Gasteiger partial charge in [-0.1, -0.05) is 11.6 Å². The molecule has 4 atom stereocenters. The fourth-order valence-corrected chi connectivity index (χ4v) is 5.57. The van der Waals surface area contributed by atoms with Crippen molar-refractivity contribution in [2.45, 2.75) is 52.2 Å². The van der Waals surface area contributed by atoms with E-state index in [1.54, 1.807) is 13.8 Å². The van der Waals surface area contributed by atoms with Crippen LogP contribution in [-0.4, -0.2) is 82.6 Å². The lowest BCUT2D eigenvalue weighted by atomic mass is 10.1. The Morgan fingerprint density at radius 1 is 1.08 bits per heavy atom. The van der Waals surface area contributed by atoms with Crippen molar-refractivity contribution in [3.63, 3.8) is 0 Å². The molecule has 0 aliphatic carbocycles. The number of aromatic nitrogens is 4. The largest absolute Gasteiger partial charge is 0.456 e. The first-order valence-corrected chi connectivity index (χ1v) is 13.6. The second-order valence-corrected chi connectivity index (χ2v) is 10.4. The summed E-state index contributed by atoms with van der Waals surface area (Å²) in [6.45, 7) is 6.20. The van der Waals surface area contributed by atoms with Crippen LogP contribution in [0.2, 0.25) is 10.4 Å². The molecule has 0 N–H and O–H groups in total. The molecule has 13 nitrogen and oxygen atoms in total. The van der Waals surface area contributed by atoms with Gasteiger partial charge in [0.05, 0.1) is 44.2 Å². The number of esters is 2. The molecule has 0 unspecified atom stereocenters. The molecule has 0 radical (unpaired) electrons. The molecule has 1 saturated heterocycles. The van der Waals surface area contributed by atoms with Gasteiger partial charge in [-0.2, -0.15) is 10.1 Å². The van der Waals surface area contributed by atoms with E-state index in [-0.39, 0.29) is 48.7 Å². The molecule has 0 saturated carbocycles. The first-order valence-electron chi connectivity index (χ1n) is 11.1. The van der Waals surface area contributed by atoms with E-state index in [1.807, 2.05) is 0 Å². The molecule has 0 spiro atoms. The zero-order valence-electron chi connectivity index (χ0n) is 20.1. The van der Waals surface area contributed by atoms with Gasteiger partial charge in [0.15, 0.2) is 24.1 Å². The zero-order chi connectivity index (χ0) is 26.5. The van der Waals surface area contributed by atoms with Gasteiger partial charge in [-0.05, 0) is 25.4 Å². The molecule has 1 fully saturated rings. The maximum Gasteiger partial charge on any atom is 0.332 e. The van der Waals surface area contributed by atoms with E-state index in [4.69, 9.17) is 51.2 Å². The summed E-state index contributed by atoms with van der Waals surface area (Å²) in [6.07, 6.45) is -2.68. The predicted molar refractivity (Wildman–Crippen MR) is 127 cm³/mol. The molecule has 2 aromatic heterocycles. The van der Waals surface area contributed by atoms with Crippen molar-refractivity contribution in [2.24, 2.45) is 0 Å². The lowest BCUT2D eigenvalue weighted by Gasteiger charge is -2.23. The Balaban J connectivity index is 1.84. The number of carbonyl (C=O) groups is 2. The zero-order valence-corrected chi connectivity index (χ0v) is 22.5. The Kier molecular flexibility index (Phi) is 10.0. The van der Waals surface area contributed by atoms with Crippen LogP contribution in [0.15, 0.2) is 6.20 Å². The van der Waals surface area contributed by atoms with Crippen molar-refractivity contribution in [1.82, 2.24) is 19.7 Å². The van der Waals surface area contributed by atoms with Crippen molar-refractivity contribution < 1.29 is 42.1 Å². The molecule has 36 heavy (non-hydrogen) atoms. The number of fused-ring (bicyclic) bond motifs is 1. The van der Waals surface area contributed by atoms with Crippen LogP contribution >= 0.6 is 30.8 Å². The average Bonchev–Trinajstić information content (AvgIpc) is 3.33. The minimum atomic E-state index is -3.31. The molecule has 16 heteroatoms. The van der Waals surface area contributed by atoms with Gasteiger partial charge in [0.1, 0.15) is 11.3 Å². The van der Waals surface area contributed by atoms with Crippen LogP contribution < -0.4 is 0 Å². The highest BCUT2D eigenvalue weighted by Crippen LogP contribution is 2.47. The molecule has 200 valence electrons. The highest BCUT2D eigenvalue weighted by Gasteiger charge is 2.51. The predicted octanol–water partition coefficient (Wildman–Crippen LogP) is 3.18. The molecule has 3 heterocycles. The van der Waals surface area contributed by atoms with E-state index >= 15 is 0 Å². The molecule has 2 aromatic rings. The second kappa shape index (κ2) is 12.6. The summed E-state index contributed by atoms with van der Waals surface area (Å²) in [5.74, 6) is -1.26. The van der Waals surface area contributed by atoms with Crippen molar-refractivity contribution in [3.8, 4) is 0 Å². The summed E-state index contributed by atoms with van der Waals surface area (Å²) in [4.78, 5) is 31.8. The van der Waals surface area contributed by atoms with Gasteiger partial charge >= 0.3 is 19.5 Å². The normalized spacial score (nSPS) is 22.2. The number of ether oxygens (including phenoxy) is 4. The van der Waals surface area contributed by atoms with Gasteiger partial charge in [-0.15, -0.1) is 0 Å². The maximum atomic E-state index is 12.7. The van der Waals surface area contributed by atoms with Crippen molar-refractivity contribution in [3.05, 3.63) is 16.6 Å². The summed E-state index contributed by atoms with van der Waals surface area (Å²) in [7, 11) is -3.31. The number of hydrogen-bond acceptors (Lipinski definition) is 12. The summed E-state index contributed by atoms with van der Waals surface area (Å²) >= 11 is 12.1. The Bertz CT molecular complexity index is 1120. The van der Waals surface area contributed by atoms with Crippen LogP contribution in [-0.2, 0) is 42.1 Å². The van der Waals surface area contributed by atoms with Crippen LogP contribution in [0.25, 0.3) is 11.0 Å². The quantitative estimate of drug-likeness (QED) is 0.121. The van der Waals surface area contributed by atoms with Crippen LogP contribution in [0.4, 0.5) is 0 Å². The van der Waals surface area contributed by atoms with Crippen LogP contribution in [0.3, 0.4) is 0 Å². The molecule has 0 bridgehead atoms. The summed E-state index contributed by atoms with van der Waals surface area (Å²) < 4.78 is 47.2. The number of hydrogen-bond donors (Lipinski definition) is 0. The van der Waals surface area contributed by atoms with Crippen molar-refractivity contribution >= 4 is 53.8 Å². The molecule has 1 aliphatic heterocycles. The lowest BCUT2D eigenvalue weighted by molar-refractivity contribution is -0.166. The van der Waals surface area contributed by atoms with Gasteiger partial charge in [0.2, 0.25) is 5.28 Å². The number of rotatable bonds is 12. The molecule has 0 aromatic carbocycles. The summed E-state index contributed by atoms with van der Waals surface area (Å²) in [5, 5.41) is 4.59. The number of carbonyl (C=O) groups excluding carboxylic acids is 2. The van der Waals surface area contributed by atoms with Gasteiger partial charge in [0.25, 0.3) is 0 Å². The fraction of sp³-hybridized carbons (Fsp3) is 0.650. The van der Waals surface area contributed by atoms with E-state index in [0.717, 1.165) is 0 Å². The third kappa shape index (κ3) is 6.91. The third-order valence-electron chi connectivity index (χ3n) is 4.95. The van der Waals surface area contributed by atoms with Crippen molar-refractivity contribution in [2.75, 3.05) is 32.6 Å². The molecular weight excluding hydrogens is 542 g/mol. The Morgan fingerprint density at radius 3 is 2.33 bits per heavy atom. The highest BCUT2D eigenvalue weighted by molar-refractivity contribution is 7.53. The molecular formula is C20H27Cl2N4O9P. The van der Waals surface area contributed by atoms with Crippen LogP contribution in [0.5, 0.6) is 0 Å². The summed E-state index contributed by atoms with van der Waals surface area (Å²) in [5.41, 5.74) is 0.222. The smallest absolute Gasteiger partial charge is 0.332 e. The number of nitrogens with zero attached hydrogens (tertiary/aromatic N) is 4. The Labute approximate surface area is 217 Å².